The van der Waals surface area contributed by atoms with E-state index in [-0.39, 0.29) is 5.75 Å². The second-order valence-corrected chi connectivity index (χ2v) is 7.52. The van der Waals surface area contributed by atoms with E-state index in [0.29, 0.717) is 25.1 Å². The summed E-state index contributed by atoms with van der Waals surface area (Å²) >= 11 is 0. The lowest BCUT2D eigenvalue weighted by molar-refractivity contribution is -0.107. The fraction of sp³-hybridized carbons (Fsp3) is 0.609. The van der Waals surface area contributed by atoms with E-state index in [1.54, 1.807) is 13.1 Å². The summed E-state index contributed by atoms with van der Waals surface area (Å²) in [5.41, 5.74) is 1.80. The topological polar surface area (TPSA) is 107 Å². The van der Waals surface area contributed by atoms with Crippen molar-refractivity contribution in [1.82, 2.24) is 5.32 Å². The van der Waals surface area contributed by atoms with Crippen molar-refractivity contribution >= 4 is 22.1 Å². The molecule has 1 aromatic carbocycles. The number of nitrogens with zero attached hydrogens (tertiary/aromatic N) is 1. The number of aldehydes is 1. The molecule has 0 atom stereocenters. The standard InChI is InChI=1S/C13H17NO.C4H11NO3S.C4H8O.C2H6/c1-4-7-11-8-9-13(15)12(10-11)14(5-2)6-3;1-5-3-2-4-9(6,7)8;1-2-3-4-5;1-2/h8-10,15H,5-6H2,1-3H3;5H,2-4H2,1H3,(H,6,7,8);4H,2-3H2,1H3;1-2H3. The third-order valence-electron chi connectivity index (χ3n) is 3.58. The molecule has 0 fully saturated rings. The highest BCUT2D eigenvalue weighted by Gasteiger charge is 2.07. The Hall–Kier alpha value is -2.08. The summed E-state index contributed by atoms with van der Waals surface area (Å²) < 4.78 is 28.3. The number of phenolic OH excluding ortho intramolecular Hbond substituents is 1. The highest BCUT2D eigenvalue weighted by molar-refractivity contribution is 7.85. The third kappa shape index (κ3) is 21.0. The summed E-state index contributed by atoms with van der Waals surface area (Å²) in [6.07, 6.45) is 3.07. The molecule has 0 saturated carbocycles. The van der Waals surface area contributed by atoms with Crippen LogP contribution < -0.4 is 10.2 Å². The minimum atomic E-state index is -3.74. The minimum Gasteiger partial charge on any atom is -0.506 e. The first-order chi connectivity index (χ1) is 14.7. The van der Waals surface area contributed by atoms with Crippen molar-refractivity contribution in [3.8, 4) is 17.6 Å². The Kier molecular flexibility index (Phi) is 24.5. The maximum atomic E-state index is 10.0. The summed E-state index contributed by atoms with van der Waals surface area (Å²) in [4.78, 5) is 11.5. The number of benzene rings is 1. The third-order valence-corrected chi connectivity index (χ3v) is 4.39. The largest absolute Gasteiger partial charge is 0.506 e. The predicted octanol–water partition coefficient (Wildman–Crippen LogP) is 4.11. The lowest BCUT2D eigenvalue weighted by Gasteiger charge is -2.22. The highest BCUT2D eigenvalue weighted by Crippen LogP contribution is 2.27. The van der Waals surface area contributed by atoms with Crippen LogP contribution in [-0.4, -0.2) is 56.8 Å². The highest BCUT2D eigenvalue weighted by atomic mass is 32.2. The van der Waals surface area contributed by atoms with Gasteiger partial charge in [-0.15, -0.1) is 5.92 Å². The molecule has 0 spiro atoms. The smallest absolute Gasteiger partial charge is 0.264 e. The van der Waals surface area contributed by atoms with Crippen LogP contribution in [0.25, 0.3) is 0 Å². The second kappa shape index (κ2) is 22.6. The first-order valence-electron chi connectivity index (χ1n) is 10.7. The van der Waals surface area contributed by atoms with Gasteiger partial charge in [0.05, 0.1) is 11.4 Å². The number of carbonyl (C=O) groups excluding carboxylic acids is 1. The van der Waals surface area contributed by atoms with Crippen molar-refractivity contribution in [2.75, 3.05) is 37.3 Å². The molecule has 0 radical (unpaired) electrons. The molecule has 0 heterocycles. The van der Waals surface area contributed by atoms with Crippen molar-refractivity contribution in [3.63, 3.8) is 0 Å². The van der Waals surface area contributed by atoms with Crippen LogP contribution in [0.1, 0.15) is 66.4 Å². The average Bonchev–Trinajstić information content (AvgIpc) is 2.74. The normalized spacial score (nSPS) is 9.29. The van der Waals surface area contributed by atoms with Crippen LogP contribution in [0.3, 0.4) is 0 Å². The molecule has 0 aliphatic carbocycles. The number of aromatic hydroxyl groups is 1. The number of unbranched alkanes of at least 4 members (excludes halogenated alkanes) is 1. The molecule has 1 rings (SSSR count). The molecule has 0 unspecified atom stereocenters. The van der Waals surface area contributed by atoms with Crippen LogP contribution in [0.4, 0.5) is 5.69 Å². The molecule has 0 aliphatic rings. The average molecular weight is 459 g/mol. The maximum Gasteiger partial charge on any atom is 0.264 e. The van der Waals surface area contributed by atoms with Crippen LogP contribution in [0, 0.1) is 11.8 Å². The maximum absolute atomic E-state index is 10.0. The fourth-order valence-corrected chi connectivity index (χ4v) is 2.62. The molecule has 31 heavy (non-hydrogen) atoms. The van der Waals surface area contributed by atoms with Gasteiger partial charge in [-0.1, -0.05) is 26.7 Å². The van der Waals surface area contributed by atoms with E-state index < -0.39 is 10.1 Å². The van der Waals surface area contributed by atoms with Gasteiger partial charge in [0.2, 0.25) is 0 Å². The molecule has 0 aromatic heterocycles. The van der Waals surface area contributed by atoms with Gasteiger partial charge in [-0.3, -0.25) is 4.55 Å². The first-order valence-corrected chi connectivity index (χ1v) is 12.4. The van der Waals surface area contributed by atoms with Gasteiger partial charge in [-0.05, 0) is 65.4 Å². The predicted molar refractivity (Wildman–Crippen MR) is 131 cm³/mol. The molecular formula is C23H42N2O5S. The van der Waals surface area contributed by atoms with Crippen molar-refractivity contribution in [2.45, 2.75) is 60.8 Å². The molecule has 1 aromatic rings. The van der Waals surface area contributed by atoms with Crippen LogP contribution in [0.5, 0.6) is 5.75 Å². The van der Waals surface area contributed by atoms with E-state index in [9.17, 15) is 18.3 Å². The molecule has 0 bridgehead atoms. The number of rotatable bonds is 9. The van der Waals surface area contributed by atoms with Gasteiger partial charge >= 0.3 is 0 Å². The number of carbonyl (C=O) groups is 1. The molecule has 3 N–H and O–H groups in total. The van der Waals surface area contributed by atoms with E-state index in [2.05, 4.69) is 35.9 Å². The Morgan fingerprint density at radius 3 is 2.10 bits per heavy atom. The lowest BCUT2D eigenvalue weighted by atomic mass is 10.1. The van der Waals surface area contributed by atoms with Crippen LogP contribution in [0.2, 0.25) is 0 Å². The van der Waals surface area contributed by atoms with Crippen molar-refractivity contribution in [3.05, 3.63) is 23.8 Å². The molecule has 8 heteroatoms. The number of hydrogen-bond acceptors (Lipinski definition) is 6. The molecule has 0 aliphatic heterocycles. The summed E-state index contributed by atoms with van der Waals surface area (Å²) in [5, 5.41) is 12.5. The van der Waals surface area contributed by atoms with Gasteiger partial charge in [0.15, 0.2) is 0 Å². The Morgan fingerprint density at radius 1 is 1.16 bits per heavy atom. The Morgan fingerprint density at radius 2 is 1.74 bits per heavy atom. The van der Waals surface area contributed by atoms with E-state index in [1.165, 1.54) is 0 Å². The van der Waals surface area contributed by atoms with Gasteiger partial charge in [0.1, 0.15) is 12.0 Å². The van der Waals surface area contributed by atoms with E-state index in [0.717, 1.165) is 37.0 Å². The summed E-state index contributed by atoms with van der Waals surface area (Å²) in [6.45, 7) is 14.3. The number of phenols is 1. The zero-order chi connectivity index (χ0) is 24.7. The van der Waals surface area contributed by atoms with E-state index in [1.807, 2.05) is 39.8 Å². The monoisotopic (exact) mass is 458 g/mol. The van der Waals surface area contributed by atoms with Gasteiger partial charge in [0, 0.05) is 25.1 Å². The lowest BCUT2D eigenvalue weighted by Crippen LogP contribution is -2.21. The molecule has 0 amide bonds. The number of hydrogen-bond donors (Lipinski definition) is 3. The quantitative estimate of drug-likeness (QED) is 0.221. The van der Waals surface area contributed by atoms with Gasteiger partial charge in [0.25, 0.3) is 10.1 Å². The number of anilines is 1. The summed E-state index contributed by atoms with van der Waals surface area (Å²) in [6, 6.07) is 5.46. The van der Waals surface area contributed by atoms with E-state index in [4.69, 9.17) is 4.55 Å². The van der Waals surface area contributed by atoms with E-state index >= 15 is 0 Å². The Bertz CT molecular complexity index is 721. The zero-order valence-electron chi connectivity index (χ0n) is 20.2. The molecule has 7 nitrogen and oxygen atoms in total. The van der Waals surface area contributed by atoms with Crippen LogP contribution in [-0.2, 0) is 14.9 Å². The number of nitrogens with one attached hydrogen (secondary N) is 1. The van der Waals surface area contributed by atoms with Crippen molar-refractivity contribution in [2.24, 2.45) is 0 Å². The minimum absolute atomic E-state index is 0.159. The van der Waals surface area contributed by atoms with Crippen LogP contribution in [0.15, 0.2) is 18.2 Å². The Labute approximate surface area is 190 Å². The molecular weight excluding hydrogens is 416 g/mol. The second-order valence-electron chi connectivity index (χ2n) is 5.95. The fourth-order valence-electron chi connectivity index (χ4n) is 2.11. The van der Waals surface area contributed by atoms with Crippen LogP contribution >= 0.6 is 0 Å². The van der Waals surface area contributed by atoms with Crippen molar-refractivity contribution < 1.29 is 22.9 Å². The molecule has 0 saturated heterocycles. The first kappa shape index (κ1) is 33.6. The van der Waals surface area contributed by atoms with Gasteiger partial charge in [-0.25, -0.2) is 0 Å². The Balaban J connectivity index is -0.000000417. The SMILES string of the molecule is CC.CC#Cc1ccc(O)c(N(CC)CC)c1.CCCC=O.CNCCCS(=O)(=O)O. The summed E-state index contributed by atoms with van der Waals surface area (Å²) in [5.74, 6) is 6.01. The summed E-state index contributed by atoms with van der Waals surface area (Å²) in [7, 11) is -2.01. The van der Waals surface area contributed by atoms with Gasteiger partial charge < -0.3 is 20.1 Å². The van der Waals surface area contributed by atoms with Crippen molar-refractivity contribution in [1.29, 1.82) is 0 Å². The molecule has 180 valence electrons. The van der Waals surface area contributed by atoms with Gasteiger partial charge in [-0.2, -0.15) is 8.42 Å². The zero-order valence-corrected chi connectivity index (χ0v) is 21.1.